The monoisotopic (exact) mass is 321 g/mol. The van der Waals surface area contributed by atoms with Gasteiger partial charge in [-0.3, -0.25) is 4.79 Å². The lowest BCUT2D eigenvalue weighted by Gasteiger charge is -2.34. The van der Waals surface area contributed by atoms with Crippen LogP contribution in [0.5, 0.6) is 0 Å². The van der Waals surface area contributed by atoms with Crippen LogP contribution in [-0.4, -0.2) is 41.6 Å². The third-order valence-electron chi connectivity index (χ3n) is 5.11. The average Bonchev–Trinajstić information content (AvgIpc) is 3.02. The number of carbonyl (C=O) groups excluding carboxylic acids is 1. The fourth-order valence-electron chi connectivity index (χ4n) is 3.79. The lowest BCUT2D eigenvalue weighted by Crippen LogP contribution is -2.43. The molecule has 1 amide bonds. The Labute approximate surface area is 135 Å². The number of nitrogens with zero attached hydrogens (tertiary/aromatic N) is 1. The highest BCUT2D eigenvalue weighted by atomic mass is 16.5. The highest BCUT2D eigenvalue weighted by Crippen LogP contribution is 2.34. The van der Waals surface area contributed by atoms with E-state index in [0.29, 0.717) is 42.7 Å². The summed E-state index contributed by atoms with van der Waals surface area (Å²) in [7, 11) is 1.73. The van der Waals surface area contributed by atoms with Gasteiger partial charge in [0.25, 0.3) is 0 Å². The van der Waals surface area contributed by atoms with Gasteiger partial charge in [-0.2, -0.15) is 0 Å². The van der Waals surface area contributed by atoms with Crippen LogP contribution in [0.1, 0.15) is 49.5 Å². The number of furan rings is 1. The van der Waals surface area contributed by atoms with E-state index in [1.54, 1.807) is 13.2 Å². The maximum atomic E-state index is 12.7. The number of methoxy groups -OCH3 is 1. The Morgan fingerprint density at radius 3 is 2.74 bits per heavy atom. The van der Waals surface area contributed by atoms with Gasteiger partial charge in [-0.15, -0.1) is 0 Å². The molecule has 126 valence electrons. The van der Waals surface area contributed by atoms with Crippen LogP contribution in [0.2, 0.25) is 0 Å². The van der Waals surface area contributed by atoms with Crippen molar-refractivity contribution in [3.8, 4) is 0 Å². The Kier molecular flexibility index (Phi) is 4.71. The van der Waals surface area contributed by atoms with Crippen LogP contribution in [0, 0.1) is 5.92 Å². The molecule has 1 aliphatic carbocycles. The first-order chi connectivity index (χ1) is 11.1. The summed E-state index contributed by atoms with van der Waals surface area (Å²) < 4.78 is 10.7. The van der Waals surface area contributed by atoms with Crippen LogP contribution in [0.15, 0.2) is 16.7 Å². The molecular formula is C17H23NO5. The van der Waals surface area contributed by atoms with Crippen LogP contribution < -0.4 is 0 Å². The maximum Gasteiger partial charge on any atom is 0.331 e. The zero-order valence-electron chi connectivity index (χ0n) is 13.4. The average molecular weight is 321 g/mol. The van der Waals surface area contributed by atoms with E-state index in [0.717, 1.165) is 25.7 Å². The quantitative estimate of drug-likeness (QED) is 0.921. The summed E-state index contributed by atoms with van der Waals surface area (Å²) in [5, 5.41) is 9.54. The van der Waals surface area contributed by atoms with Gasteiger partial charge in [-0.25, -0.2) is 4.79 Å². The Morgan fingerprint density at radius 1 is 1.35 bits per heavy atom. The number of carboxylic acids is 1. The Balaban J connectivity index is 1.66. The summed E-state index contributed by atoms with van der Waals surface area (Å²) in [4.78, 5) is 25.8. The number of ether oxygens (including phenoxy) is 1. The van der Waals surface area contributed by atoms with Crippen molar-refractivity contribution in [3.63, 3.8) is 0 Å². The summed E-state index contributed by atoms with van der Waals surface area (Å²) in [6.07, 6.45) is 6.68. The molecule has 2 aliphatic rings. The van der Waals surface area contributed by atoms with Crippen molar-refractivity contribution in [1.82, 2.24) is 4.90 Å². The van der Waals surface area contributed by atoms with Crippen molar-refractivity contribution in [3.05, 3.63) is 23.7 Å². The first-order valence-corrected chi connectivity index (χ1v) is 8.21. The minimum Gasteiger partial charge on any atom is -0.479 e. The smallest absolute Gasteiger partial charge is 0.331 e. The molecule has 1 saturated carbocycles. The van der Waals surface area contributed by atoms with E-state index < -0.39 is 12.0 Å². The molecule has 0 saturated heterocycles. The molecule has 1 N–H and O–H groups in total. The van der Waals surface area contributed by atoms with Crippen LogP contribution in [0.3, 0.4) is 0 Å². The van der Waals surface area contributed by atoms with Gasteiger partial charge in [0.2, 0.25) is 5.91 Å². The third-order valence-corrected chi connectivity index (χ3v) is 5.11. The molecule has 1 unspecified atom stereocenters. The Hall–Kier alpha value is -1.82. The number of aliphatic carboxylic acids is 1. The van der Waals surface area contributed by atoms with Crippen molar-refractivity contribution in [2.45, 2.75) is 50.7 Å². The van der Waals surface area contributed by atoms with Crippen molar-refractivity contribution < 1.29 is 23.8 Å². The number of fused-ring (bicyclic) bond motifs is 1. The van der Waals surface area contributed by atoms with Gasteiger partial charge in [0.15, 0.2) is 6.04 Å². The van der Waals surface area contributed by atoms with E-state index in [1.807, 2.05) is 0 Å². The molecule has 2 heterocycles. The molecule has 23 heavy (non-hydrogen) atoms. The molecule has 3 rings (SSSR count). The van der Waals surface area contributed by atoms with Gasteiger partial charge in [0.1, 0.15) is 5.76 Å². The lowest BCUT2D eigenvalue weighted by atomic mass is 9.84. The number of amides is 1. The number of hydrogen-bond acceptors (Lipinski definition) is 4. The Bertz CT molecular complexity index is 573. The molecule has 1 aromatic rings. The summed E-state index contributed by atoms with van der Waals surface area (Å²) in [6, 6.07) is 0.748. The normalized spacial score (nSPS) is 27.5. The largest absolute Gasteiger partial charge is 0.479 e. The molecule has 1 aliphatic heterocycles. The second-order valence-corrected chi connectivity index (χ2v) is 6.46. The number of hydrogen-bond donors (Lipinski definition) is 1. The van der Waals surface area contributed by atoms with Gasteiger partial charge in [-0.1, -0.05) is 0 Å². The molecule has 0 aromatic carbocycles. The third kappa shape index (κ3) is 3.27. The van der Waals surface area contributed by atoms with E-state index in [9.17, 15) is 14.7 Å². The van der Waals surface area contributed by atoms with Gasteiger partial charge < -0.3 is 19.2 Å². The SMILES string of the molecule is COC1CCC(CC(=O)N2CCc3occc3C2C(=O)O)CC1. The lowest BCUT2D eigenvalue weighted by molar-refractivity contribution is -0.152. The van der Waals surface area contributed by atoms with E-state index in [2.05, 4.69) is 0 Å². The second-order valence-electron chi connectivity index (χ2n) is 6.46. The van der Waals surface area contributed by atoms with Gasteiger partial charge >= 0.3 is 5.97 Å². The van der Waals surface area contributed by atoms with Crippen molar-refractivity contribution in [2.24, 2.45) is 5.92 Å². The first kappa shape index (κ1) is 16.1. The summed E-state index contributed by atoms with van der Waals surface area (Å²) in [6.45, 7) is 0.406. The molecule has 0 radical (unpaired) electrons. The highest BCUT2D eigenvalue weighted by Gasteiger charge is 2.38. The molecule has 6 heteroatoms. The first-order valence-electron chi connectivity index (χ1n) is 8.21. The molecule has 6 nitrogen and oxygen atoms in total. The van der Waals surface area contributed by atoms with E-state index in [4.69, 9.17) is 9.15 Å². The van der Waals surface area contributed by atoms with E-state index >= 15 is 0 Å². The number of carbonyl (C=O) groups is 2. The molecule has 1 aromatic heterocycles. The molecule has 1 atom stereocenters. The fourth-order valence-corrected chi connectivity index (χ4v) is 3.79. The summed E-state index contributed by atoms with van der Waals surface area (Å²) in [5.74, 6) is -0.0509. The van der Waals surface area contributed by atoms with Crippen LogP contribution in [0.4, 0.5) is 0 Å². The predicted octanol–water partition coefficient (Wildman–Crippen LogP) is 2.39. The number of rotatable bonds is 4. The molecule has 0 spiro atoms. The van der Waals surface area contributed by atoms with Crippen molar-refractivity contribution >= 4 is 11.9 Å². The summed E-state index contributed by atoms with van der Waals surface area (Å²) in [5.41, 5.74) is 0.611. The molecular weight excluding hydrogens is 298 g/mol. The van der Waals surface area contributed by atoms with Crippen molar-refractivity contribution in [1.29, 1.82) is 0 Å². The van der Waals surface area contributed by atoms with Crippen LogP contribution in [0.25, 0.3) is 0 Å². The topological polar surface area (TPSA) is 80.0 Å². The highest BCUT2D eigenvalue weighted by molar-refractivity contribution is 5.85. The minimum atomic E-state index is -0.996. The molecule has 0 bridgehead atoms. The standard InChI is InChI=1S/C17H23NO5/c1-22-12-4-2-11(3-5-12)10-15(19)18-8-6-14-13(7-9-23-14)16(18)17(20)21/h7,9,11-12,16H,2-6,8,10H2,1H3,(H,20,21). The van der Waals surface area contributed by atoms with Crippen LogP contribution in [-0.2, 0) is 20.7 Å². The maximum absolute atomic E-state index is 12.7. The molecule has 1 fully saturated rings. The second kappa shape index (κ2) is 6.74. The van der Waals surface area contributed by atoms with Crippen LogP contribution >= 0.6 is 0 Å². The van der Waals surface area contributed by atoms with E-state index in [-0.39, 0.29) is 5.91 Å². The minimum absolute atomic E-state index is 0.0647. The zero-order chi connectivity index (χ0) is 16.4. The van der Waals surface area contributed by atoms with Gasteiger partial charge in [0.05, 0.1) is 12.4 Å². The van der Waals surface area contributed by atoms with E-state index in [1.165, 1.54) is 11.2 Å². The van der Waals surface area contributed by atoms with Crippen molar-refractivity contribution in [2.75, 3.05) is 13.7 Å². The zero-order valence-corrected chi connectivity index (χ0v) is 13.4. The van der Waals surface area contributed by atoms with Gasteiger partial charge in [0, 0.05) is 32.1 Å². The Morgan fingerprint density at radius 2 is 2.09 bits per heavy atom. The predicted molar refractivity (Wildman–Crippen MR) is 81.9 cm³/mol. The fraction of sp³-hybridized carbons (Fsp3) is 0.647. The van der Waals surface area contributed by atoms with Gasteiger partial charge in [-0.05, 0) is 37.7 Å². The number of carboxylic acid groups (broad SMARTS) is 1. The summed E-state index contributed by atoms with van der Waals surface area (Å²) >= 11 is 0.